The van der Waals surface area contributed by atoms with E-state index < -0.39 is 5.60 Å². The van der Waals surface area contributed by atoms with E-state index in [9.17, 15) is 9.90 Å². The number of hydrogen-bond donors (Lipinski definition) is 2. The fourth-order valence-corrected chi connectivity index (χ4v) is 3.79. The standard InChI is InChI=1S/C15H15N3O2S2/c1-9-13(22-18-17-9)14(19)16-8-15(2,20)12-7-10-5-3-4-6-11(10)21-12/h3-7,20H,8H2,1-2H3,(H,16,19)/t15-/m0/s1. The maximum atomic E-state index is 12.1. The van der Waals surface area contributed by atoms with E-state index in [2.05, 4.69) is 14.9 Å². The molecular weight excluding hydrogens is 318 g/mol. The van der Waals surface area contributed by atoms with Gasteiger partial charge in [0.15, 0.2) is 0 Å². The van der Waals surface area contributed by atoms with E-state index in [1.807, 2.05) is 30.3 Å². The van der Waals surface area contributed by atoms with Crippen molar-refractivity contribution in [2.45, 2.75) is 19.4 Å². The van der Waals surface area contributed by atoms with E-state index >= 15 is 0 Å². The van der Waals surface area contributed by atoms with Crippen molar-refractivity contribution < 1.29 is 9.90 Å². The lowest BCUT2D eigenvalue weighted by molar-refractivity contribution is 0.0558. The Bertz CT molecular complexity index is 790. The lowest BCUT2D eigenvalue weighted by Crippen LogP contribution is -2.38. The van der Waals surface area contributed by atoms with Crippen LogP contribution in [0.2, 0.25) is 0 Å². The van der Waals surface area contributed by atoms with Crippen LogP contribution in [0.15, 0.2) is 30.3 Å². The van der Waals surface area contributed by atoms with Crippen LogP contribution in [0.3, 0.4) is 0 Å². The van der Waals surface area contributed by atoms with Gasteiger partial charge in [-0.2, -0.15) is 0 Å². The Morgan fingerprint density at radius 3 is 2.86 bits per heavy atom. The molecule has 0 aliphatic rings. The van der Waals surface area contributed by atoms with Crippen LogP contribution in [0, 0.1) is 6.92 Å². The lowest BCUT2D eigenvalue weighted by atomic mass is 10.0. The Kier molecular flexibility index (Phi) is 3.94. The normalized spacial score (nSPS) is 14.0. The molecule has 0 radical (unpaired) electrons. The van der Waals surface area contributed by atoms with Gasteiger partial charge in [0.05, 0.1) is 12.2 Å². The van der Waals surface area contributed by atoms with Crippen LogP contribution < -0.4 is 5.32 Å². The highest BCUT2D eigenvalue weighted by molar-refractivity contribution is 7.19. The van der Waals surface area contributed by atoms with Gasteiger partial charge in [-0.15, -0.1) is 16.4 Å². The first-order valence-corrected chi connectivity index (χ1v) is 8.35. The number of thiophene rings is 1. The van der Waals surface area contributed by atoms with E-state index in [0.29, 0.717) is 10.6 Å². The quantitative estimate of drug-likeness (QED) is 0.770. The highest BCUT2D eigenvalue weighted by atomic mass is 32.1. The molecule has 114 valence electrons. The van der Waals surface area contributed by atoms with Gasteiger partial charge in [0.2, 0.25) is 0 Å². The average molecular weight is 333 g/mol. The molecule has 5 nitrogen and oxygen atoms in total. The van der Waals surface area contributed by atoms with Crippen molar-refractivity contribution in [3.8, 4) is 0 Å². The number of carbonyl (C=O) groups excluding carboxylic acids is 1. The van der Waals surface area contributed by atoms with Gasteiger partial charge in [0, 0.05) is 9.58 Å². The Morgan fingerprint density at radius 2 is 2.18 bits per heavy atom. The highest BCUT2D eigenvalue weighted by Crippen LogP contribution is 2.32. The summed E-state index contributed by atoms with van der Waals surface area (Å²) in [5.41, 5.74) is -0.519. The van der Waals surface area contributed by atoms with E-state index in [0.717, 1.165) is 26.5 Å². The fourth-order valence-electron chi connectivity index (χ4n) is 2.11. The molecule has 0 aliphatic carbocycles. The molecule has 22 heavy (non-hydrogen) atoms. The zero-order chi connectivity index (χ0) is 15.7. The molecule has 1 aromatic carbocycles. The number of fused-ring (bicyclic) bond motifs is 1. The summed E-state index contributed by atoms with van der Waals surface area (Å²) in [4.78, 5) is 13.4. The van der Waals surface area contributed by atoms with Crippen molar-refractivity contribution in [3.63, 3.8) is 0 Å². The van der Waals surface area contributed by atoms with Gasteiger partial charge in [0.25, 0.3) is 5.91 Å². The van der Waals surface area contributed by atoms with Crippen LogP contribution in [0.4, 0.5) is 0 Å². The minimum Gasteiger partial charge on any atom is -0.383 e. The van der Waals surface area contributed by atoms with Gasteiger partial charge in [-0.05, 0) is 42.9 Å². The highest BCUT2D eigenvalue weighted by Gasteiger charge is 2.27. The first-order valence-electron chi connectivity index (χ1n) is 6.76. The van der Waals surface area contributed by atoms with Gasteiger partial charge in [-0.3, -0.25) is 4.79 Å². The molecule has 0 saturated carbocycles. The molecule has 2 N–H and O–H groups in total. The SMILES string of the molecule is Cc1nnsc1C(=O)NC[C@](C)(O)c1cc2ccccc2s1. The molecule has 0 unspecified atom stereocenters. The molecule has 1 amide bonds. The summed E-state index contributed by atoms with van der Waals surface area (Å²) in [7, 11) is 0. The number of benzene rings is 1. The summed E-state index contributed by atoms with van der Waals surface area (Å²) in [6, 6.07) is 9.93. The summed E-state index contributed by atoms with van der Waals surface area (Å²) in [6.07, 6.45) is 0. The second-order valence-corrected chi connectivity index (χ2v) is 7.13. The van der Waals surface area contributed by atoms with Crippen molar-refractivity contribution in [2.24, 2.45) is 0 Å². The maximum Gasteiger partial charge on any atom is 0.265 e. The van der Waals surface area contributed by atoms with Gasteiger partial charge >= 0.3 is 0 Å². The Balaban J connectivity index is 1.75. The van der Waals surface area contributed by atoms with Gasteiger partial charge in [-0.25, -0.2) is 0 Å². The van der Waals surface area contributed by atoms with Crippen molar-refractivity contribution in [1.29, 1.82) is 0 Å². The number of aryl methyl sites for hydroxylation is 1. The van der Waals surface area contributed by atoms with Crippen molar-refractivity contribution >= 4 is 38.9 Å². The van der Waals surface area contributed by atoms with Crippen LogP contribution in [0.5, 0.6) is 0 Å². The number of nitrogens with zero attached hydrogens (tertiary/aromatic N) is 2. The largest absolute Gasteiger partial charge is 0.383 e. The molecular formula is C15H15N3O2S2. The summed E-state index contributed by atoms with van der Waals surface area (Å²) in [6.45, 7) is 3.58. The number of nitrogens with one attached hydrogen (secondary N) is 1. The van der Waals surface area contributed by atoms with Crippen LogP contribution in [-0.2, 0) is 5.60 Å². The van der Waals surface area contributed by atoms with Gasteiger partial charge in [0.1, 0.15) is 10.5 Å². The molecule has 2 heterocycles. The number of rotatable bonds is 4. The van der Waals surface area contributed by atoms with Crippen molar-refractivity contribution in [3.05, 3.63) is 45.8 Å². The molecule has 0 spiro atoms. The summed E-state index contributed by atoms with van der Waals surface area (Å²) in [5.74, 6) is -0.256. The molecule has 3 aromatic rings. The third-order valence-electron chi connectivity index (χ3n) is 3.41. The zero-order valence-electron chi connectivity index (χ0n) is 12.2. The minimum absolute atomic E-state index is 0.135. The van der Waals surface area contributed by atoms with Gasteiger partial charge in [-0.1, -0.05) is 22.7 Å². The smallest absolute Gasteiger partial charge is 0.265 e. The molecule has 0 bridgehead atoms. The summed E-state index contributed by atoms with van der Waals surface area (Å²) >= 11 is 2.59. The number of carbonyl (C=O) groups is 1. The Labute approximate surface area is 135 Å². The monoisotopic (exact) mass is 333 g/mol. The molecule has 3 rings (SSSR count). The third-order valence-corrected chi connectivity index (χ3v) is 5.60. The number of amides is 1. The molecule has 2 aromatic heterocycles. The summed E-state index contributed by atoms with van der Waals surface area (Å²) in [5, 5.41) is 18.3. The van der Waals surface area contributed by atoms with Crippen LogP contribution in [-0.4, -0.2) is 27.1 Å². The Morgan fingerprint density at radius 1 is 1.41 bits per heavy atom. The third kappa shape index (κ3) is 2.87. The second kappa shape index (κ2) is 5.75. The first-order chi connectivity index (χ1) is 10.5. The number of hydrogen-bond acceptors (Lipinski definition) is 6. The zero-order valence-corrected chi connectivity index (χ0v) is 13.8. The average Bonchev–Trinajstić information content (AvgIpc) is 3.11. The minimum atomic E-state index is -1.12. The maximum absolute atomic E-state index is 12.1. The lowest BCUT2D eigenvalue weighted by Gasteiger charge is -2.22. The van der Waals surface area contributed by atoms with E-state index in [1.54, 1.807) is 13.8 Å². The molecule has 1 atom stereocenters. The number of aromatic nitrogens is 2. The van der Waals surface area contributed by atoms with Crippen LogP contribution in [0.25, 0.3) is 10.1 Å². The summed E-state index contributed by atoms with van der Waals surface area (Å²) < 4.78 is 4.86. The van der Waals surface area contributed by atoms with E-state index in [4.69, 9.17) is 0 Å². The van der Waals surface area contributed by atoms with Crippen molar-refractivity contribution in [2.75, 3.05) is 6.54 Å². The molecule has 0 saturated heterocycles. The predicted molar refractivity (Wildman–Crippen MR) is 88.4 cm³/mol. The van der Waals surface area contributed by atoms with Crippen molar-refractivity contribution in [1.82, 2.24) is 14.9 Å². The molecule has 0 fully saturated rings. The number of aliphatic hydroxyl groups is 1. The topological polar surface area (TPSA) is 75.1 Å². The first kappa shape index (κ1) is 15.1. The van der Waals surface area contributed by atoms with E-state index in [1.165, 1.54) is 11.3 Å². The van der Waals surface area contributed by atoms with Gasteiger partial charge < -0.3 is 10.4 Å². The predicted octanol–water partition coefficient (Wildman–Crippen LogP) is 2.70. The molecule has 7 heteroatoms. The Hall–Kier alpha value is -1.83. The van der Waals surface area contributed by atoms with Crippen LogP contribution in [0.1, 0.15) is 27.2 Å². The van der Waals surface area contributed by atoms with E-state index in [-0.39, 0.29) is 12.5 Å². The van der Waals surface area contributed by atoms with Crippen LogP contribution >= 0.6 is 22.9 Å². The second-order valence-electron chi connectivity index (χ2n) is 5.29. The molecule has 0 aliphatic heterocycles. The fraction of sp³-hybridized carbons (Fsp3) is 0.267.